The zero-order valence-electron chi connectivity index (χ0n) is 25.0. The molecule has 0 heterocycles. The normalized spacial score (nSPS) is 12.8. The molecule has 0 aliphatic rings. The van der Waals surface area contributed by atoms with Gasteiger partial charge in [-0.2, -0.15) is 0 Å². The Hall–Kier alpha value is -0.650. The molecule has 0 aromatic rings. The van der Waals surface area contributed by atoms with Gasteiger partial charge in [0.1, 0.15) is 0 Å². The Kier molecular flexibility index (Phi) is 25.5. The van der Waals surface area contributed by atoms with Crippen LogP contribution in [-0.4, -0.2) is 63.8 Å². The summed E-state index contributed by atoms with van der Waals surface area (Å²) < 4.78 is 0.829. The zero-order chi connectivity index (χ0) is 26.7. The smallest absolute Gasteiger partial charge is 0.0907 e. The van der Waals surface area contributed by atoms with Gasteiger partial charge in [0.2, 0.25) is 0 Å². The third-order valence-electron chi connectivity index (χ3n) is 7.26. The number of quaternary nitrogens is 1. The molecule has 0 amide bonds. The molecule has 0 saturated heterocycles. The average Bonchev–Trinajstić information content (AvgIpc) is 2.82. The van der Waals surface area contributed by atoms with E-state index in [9.17, 15) is 9.90 Å². The molecule has 0 rings (SSSR count). The molecule has 0 spiro atoms. The van der Waals surface area contributed by atoms with Crippen LogP contribution < -0.4 is 15.7 Å². The van der Waals surface area contributed by atoms with Crippen LogP contribution in [0, 0.1) is 0 Å². The van der Waals surface area contributed by atoms with Crippen molar-refractivity contribution in [2.24, 2.45) is 0 Å². The summed E-state index contributed by atoms with van der Waals surface area (Å²) in [4.78, 5) is 11.3. The molecule has 0 fully saturated rings. The number of carbonyl (C=O) groups is 1. The van der Waals surface area contributed by atoms with Gasteiger partial charge in [0.15, 0.2) is 0 Å². The van der Waals surface area contributed by atoms with Crippen molar-refractivity contribution in [3.05, 3.63) is 0 Å². The quantitative estimate of drug-likeness (QED) is 0.0926. The van der Waals surface area contributed by atoms with Crippen LogP contribution in [-0.2, 0) is 4.79 Å². The second-order valence-corrected chi connectivity index (χ2v) is 12.1. The van der Waals surface area contributed by atoms with Crippen molar-refractivity contribution < 1.29 is 14.4 Å². The molecule has 0 aliphatic carbocycles. The molecule has 1 atom stereocenters. The maximum atomic E-state index is 11.3. The standard InChI is InChI=1S/C31H65N3O2/c1-5-6-7-8-9-10-11-12-13-14-15-16-17-18-19-20-21-23-26-32-27-24-22-25-30(31(35)36)33-28-29-34(2,3)4/h30,32-33H,5-29H2,1-4H3/t30-/m1/s1. The van der Waals surface area contributed by atoms with Crippen molar-refractivity contribution in [2.75, 3.05) is 47.3 Å². The number of hydrogen-bond donors (Lipinski definition) is 2. The van der Waals surface area contributed by atoms with Crippen molar-refractivity contribution in [1.29, 1.82) is 0 Å². The van der Waals surface area contributed by atoms with Crippen LogP contribution >= 0.6 is 0 Å². The maximum Gasteiger partial charge on any atom is 0.0907 e. The highest BCUT2D eigenvalue weighted by Crippen LogP contribution is 2.14. The number of nitrogens with one attached hydrogen (secondary N) is 2. The summed E-state index contributed by atoms with van der Waals surface area (Å²) in [7, 11) is 6.34. The number of likely N-dealkylation sites (N-methyl/N-ethyl adjacent to an activating group) is 1. The van der Waals surface area contributed by atoms with Gasteiger partial charge < -0.3 is 25.0 Å². The summed E-state index contributed by atoms with van der Waals surface area (Å²) in [5.74, 6) is -0.969. The zero-order valence-corrected chi connectivity index (χ0v) is 25.0. The van der Waals surface area contributed by atoms with Gasteiger partial charge in [0.05, 0.1) is 33.7 Å². The number of carbonyl (C=O) groups excluding carboxylic acids is 1. The lowest BCUT2D eigenvalue weighted by molar-refractivity contribution is -0.869. The molecule has 216 valence electrons. The fourth-order valence-corrected chi connectivity index (χ4v) is 4.75. The Bertz CT molecular complexity index is 465. The average molecular weight is 512 g/mol. The van der Waals surface area contributed by atoms with Gasteiger partial charge in [-0.05, 0) is 32.4 Å². The summed E-state index contributed by atoms with van der Waals surface area (Å²) >= 11 is 0. The maximum absolute atomic E-state index is 11.3. The van der Waals surface area contributed by atoms with Gasteiger partial charge >= 0.3 is 0 Å². The Balaban J connectivity index is 3.28. The number of rotatable bonds is 29. The Morgan fingerprint density at radius 2 is 1.00 bits per heavy atom. The number of carboxylic acid groups (broad SMARTS) is 1. The largest absolute Gasteiger partial charge is 0.548 e. The number of nitrogens with zero attached hydrogens (tertiary/aromatic N) is 1. The summed E-state index contributed by atoms with van der Waals surface area (Å²) in [6.45, 7) is 5.98. The van der Waals surface area contributed by atoms with E-state index in [1.165, 1.54) is 116 Å². The minimum Gasteiger partial charge on any atom is -0.548 e. The van der Waals surface area contributed by atoms with E-state index in [0.717, 1.165) is 37.0 Å². The molecule has 0 unspecified atom stereocenters. The highest BCUT2D eigenvalue weighted by molar-refractivity contribution is 5.71. The lowest BCUT2D eigenvalue weighted by Crippen LogP contribution is -2.49. The van der Waals surface area contributed by atoms with E-state index >= 15 is 0 Å². The Labute approximate surface area is 226 Å². The predicted octanol–water partition coefficient (Wildman–Crippen LogP) is 6.20. The van der Waals surface area contributed by atoms with E-state index in [0.29, 0.717) is 13.0 Å². The van der Waals surface area contributed by atoms with Gasteiger partial charge in [0, 0.05) is 12.6 Å². The van der Waals surface area contributed by atoms with Crippen LogP contribution in [0.15, 0.2) is 0 Å². The molecular weight excluding hydrogens is 446 g/mol. The van der Waals surface area contributed by atoms with Gasteiger partial charge in [-0.15, -0.1) is 0 Å². The van der Waals surface area contributed by atoms with Crippen molar-refractivity contribution >= 4 is 5.97 Å². The predicted molar refractivity (Wildman–Crippen MR) is 155 cm³/mol. The summed E-state index contributed by atoms with van der Waals surface area (Å²) in [6, 6.07) is -0.522. The first-order valence-electron chi connectivity index (χ1n) is 15.8. The van der Waals surface area contributed by atoms with Crippen LogP contribution in [0.4, 0.5) is 0 Å². The third-order valence-corrected chi connectivity index (χ3v) is 7.26. The van der Waals surface area contributed by atoms with Crippen molar-refractivity contribution in [1.82, 2.24) is 10.6 Å². The number of aliphatic carboxylic acids is 1. The molecule has 0 saturated carbocycles. The second-order valence-electron chi connectivity index (χ2n) is 12.1. The first-order chi connectivity index (χ1) is 17.4. The van der Waals surface area contributed by atoms with E-state index in [4.69, 9.17) is 0 Å². The second kappa shape index (κ2) is 26.0. The van der Waals surface area contributed by atoms with E-state index in [2.05, 4.69) is 38.7 Å². The molecule has 0 bridgehead atoms. The van der Waals surface area contributed by atoms with Crippen LogP contribution in [0.25, 0.3) is 0 Å². The van der Waals surface area contributed by atoms with Crippen LogP contribution in [0.2, 0.25) is 0 Å². The highest BCUT2D eigenvalue weighted by atomic mass is 16.4. The lowest BCUT2D eigenvalue weighted by atomic mass is 10.0. The van der Waals surface area contributed by atoms with Gasteiger partial charge in [-0.1, -0.05) is 122 Å². The Morgan fingerprint density at radius 1 is 0.611 bits per heavy atom. The van der Waals surface area contributed by atoms with Gasteiger partial charge in [-0.3, -0.25) is 0 Å². The topological polar surface area (TPSA) is 64.2 Å². The number of carboxylic acids is 1. The van der Waals surface area contributed by atoms with Crippen LogP contribution in [0.3, 0.4) is 0 Å². The van der Waals surface area contributed by atoms with E-state index < -0.39 is 12.0 Å². The lowest BCUT2D eigenvalue weighted by Gasteiger charge is -2.26. The molecule has 36 heavy (non-hydrogen) atoms. The molecule has 2 N–H and O–H groups in total. The van der Waals surface area contributed by atoms with Gasteiger partial charge in [-0.25, -0.2) is 0 Å². The van der Waals surface area contributed by atoms with Crippen molar-refractivity contribution in [3.63, 3.8) is 0 Å². The minimum absolute atomic E-state index is 0.522. The molecule has 5 heteroatoms. The van der Waals surface area contributed by atoms with Crippen molar-refractivity contribution in [3.8, 4) is 0 Å². The minimum atomic E-state index is -0.969. The molecule has 0 aromatic carbocycles. The summed E-state index contributed by atoms with van der Waals surface area (Å²) in [6.07, 6.45) is 28.1. The number of unbranched alkanes of at least 4 members (excludes halogenated alkanes) is 18. The first-order valence-corrected chi connectivity index (χ1v) is 15.8. The summed E-state index contributed by atoms with van der Waals surface area (Å²) in [5.41, 5.74) is 0. The first kappa shape index (κ1) is 35.4. The fraction of sp³-hybridized carbons (Fsp3) is 0.968. The summed E-state index contributed by atoms with van der Waals surface area (Å²) in [5, 5.41) is 18.0. The number of hydrogen-bond acceptors (Lipinski definition) is 4. The molecule has 5 nitrogen and oxygen atoms in total. The van der Waals surface area contributed by atoms with E-state index in [1.54, 1.807) is 0 Å². The van der Waals surface area contributed by atoms with Gasteiger partial charge in [0.25, 0.3) is 0 Å². The van der Waals surface area contributed by atoms with E-state index in [-0.39, 0.29) is 0 Å². The monoisotopic (exact) mass is 512 g/mol. The van der Waals surface area contributed by atoms with E-state index in [1.807, 2.05) is 0 Å². The molecule has 0 radical (unpaired) electrons. The van der Waals surface area contributed by atoms with Crippen molar-refractivity contribution in [2.45, 2.75) is 148 Å². The van der Waals surface area contributed by atoms with Crippen LogP contribution in [0.1, 0.15) is 142 Å². The third kappa shape index (κ3) is 27.9. The molecule has 0 aliphatic heterocycles. The molecule has 0 aromatic heterocycles. The fourth-order valence-electron chi connectivity index (χ4n) is 4.75. The Morgan fingerprint density at radius 3 is 1.39 bits per heavy atom. The SMILES string of the molecule is CCCCCCCCCCCCCCCCCCCCNCCCC[C@@H](NCC[N+](C)(C)C)C(=O)[O-]. The van der Waals surface area contributed by atoms with Crippen LogP contribution in [0.5, 0.6) is 0 Å². The molecular formula is C31H65N3O2. The highest BCUT2D eigenvalue weighted by Gasteiger charge is 2.12.